The highest BCUT2D eigenvalue weighted by Crippen LogP contribution is 2.24. The molecule has 0 saturated heterocycles. The highest BCUT2D eigenvalue weighted by atomic mass is 32.2. The first-order chi connectivity index (χ1) is 8.01. The van der Waals surface area contributed by atoms with Gasteiger partial charge in [-0.25, -0.2) is 0 Å². The Hall–Kier alpha value is -1.56. The first-order valence-electron chi connectivity index (χ1n) is 5.07. The Labute approximate surface area is 103 Å². The van der Waals surface area contributed by atoms with Gasteiger partial charge in [0.1, 0.15) is 11.0 Å². The molecule has 0 radical (unpaired) electrons. The second kappa shape index (κ2) is 5.67. The molecule has 2 unspecified atom stereocenters. The van der Waals surface area contributed by atoms with E-state index in [1.54, 1.807) is 25.1 Å². The van der Waals surface area contributed by atoms with Gasteiger partial charge in [-0.3, -0.25) is 9.00 Å². The van der Waals surface area contributed by atoms with Crippen LogP contribution in [0.3, 0.4) is 0 Å². The molecular weight excluding hydrogens is 240 g/mol. The maximum absolute atomic E-state index is 12.1. The minimum Gasteiger partial charge on any atom is -0.497 e. The fraction of sp³-hybridized carbons (Fsp3) is 0.364. The summed E-state index contributed by atoms with van der Waals surface area (Å²) in [5.74, 6) is 0.275. The molecule has 1 amide bonds. The first-order valence-corrected chi connectivity index (χ1v) is 6.28. The van der Waals surface area contributed by atoms with Crippen LogP contribution < -0.4 is 15.8 Å². The van der Waals surface area contributed by atoms with Gasteiger partial charge in [0.2, 0.25) is 5.91 Å². The highest BCUT2D eigenvalue weighted by Gasteiger charge is 2.22. The van der Waals surface area contributed by atoms with E-state index < -0.39 is 16.0 Å². The smallest absolute Gasteiger partial charge is 0.235 e. The minimum atomic E-state index is -1.50. The van der Waals surface area contributed by atoms with Crippen molar-refractivity contribution >= 4 is 22.4 Å². The van der Waals surface area contributed by atoms with Crippen LogP contribution in [0.15, 0.2) is 23.1 Å². The second-order valence-electron chi connectivity index (χ2n) is 3.46. The molecule has 1 aromatic carbocycles. The van der Waals surface area contributed by atoms with Crippen molar-refractivity contribution in [2.75, 3.05) is 19.9 Å². The van der Waals surface area contributed by atoms with E-state index in [1.165, 1.54) is 14.2 Å². The molecule has 0 aliphatic heterocycles. The summed E-state index contributed by atoms with van der Waals surface area (Å²) in [5.41, 5.74) is 6.13. The SMILES string of the molecule is CNC(=O)C(C)S(=O)c1cc(OC)ccc1N. The highest BCUT2D eigenvalue weighted by molar-refractivity contribution is 7.86. The number of ether oxygens (including phenoxy) is 1. The number of nitrogens with one attached hydrogen (secondary N) is 1. The topological polar surface area (TPSA) is 81.4 Å². The lowest BCUT2D eigenvalue weighted by Gasteiger charge is -2.12. The van der Waals surface area contributed by atoms with Gasteiger partial charge in [-0.05, 0) is 25.1 Å². The molecule has 1 aromatic rings. The lowest BCUT2D eigenvalue weighted by atomic mass is 10.3. The number of methoxy groups -OCH3 is 1. The Balaban J connectivity index is 3.07. The predicted molar refractivity (Wildman–Crippen MR) is 67.3 cm³/mol. The molecule has 3 N–H and O–H groups in total. The maximum Gasteiger partial charge on any atom is 0.235 e. The third-order valence-corrected chi connectivity index (χ3v) is 4.02. The number of carbonyl (C=O) groups is 1. The normalized spacial score (nSPS) is 13.8. The van der Waals surface area contributed by atoms with Crippen molar-refractivity contribution < 1.29 is 13.7 Å². The summed E-state index contributed by atoms with van der Waals surface area (Å²) >= 11 is 0. The number of nitrogens with two attached hydrogens (primary N) is 1. The molecular formula is C11H16N2O3S. The first kappa shape index (κ1) is 13.5. The van der Waals surface area contributed by atoms with Crippen LogP contribution in [0.5, 0.6) is 5.75 Å². The van der Waals surface area contributed by atoms with Crippen molar-refractivity contribution in [3.05, 3.63) is 18.2 Å². The summed E-state index contributed by atoms with van der Waals surface area (Å²) < 4.78 is 17.2. The molecule has 6 heteroatoms. The van der Waals surface area contributed by atoms with E-state index in [-0.39, 0.29) is 5.91 Å². The van der Waals surface area contributed by atoms with Crippen molar-refractivity contribution in [1.29, 1.82) is 0 Å². The molecule has 5 nitrogen and oxygen atoms in total. The molecule has 0 bridgehead atoms. The number of benzene rings is 1. The molecule has 0 saturated carbocycles. The number of amides is 1. The molecule has 2 atom stereocenters. The van der Waals surface area contributed by atoms with Gasteiger partial charge in [0.25, 0.3) is 0 Å². The van der Waals surface area contributed by atoms with E-state index in [0.29, 0.717) is 16.3 Å². The molecule has 0 aliphatic rings. The van der Waals surface area contributed by atoms with Gasteiger partial charge >= 0.3 is 0 Å². The molecule has 1 rings (SSSR count). The number of carbonyl (C=O) groups excluding carboxylic acids is 1. The Bertz CT molecular complexity index is 448. The Morgan fingerprint density at radius 3 is 2.71 bits per heavy atom. The second-order valence-corrected chi connectivity index (χ2v) is 5.20. The number of nitrogen functional groups attached to an aromatic ring is 1. The fourth-order valence-electron chi connectivity index (χ4n) is 1.31. The van der Waals surface area contributed by atoms with E-state index in [1.807, 2.05) is 0 Å². The van der Waals surface area contributed by atoms with Gasteiger partial charge in [0, 0.05) is 12.7 Å². The third-order valence-electron chi connectivity index (χ3n) is 2.37. The molecule has 0 aliphatic carbocycles. The number of hydrogen-bond donors (Lipinski definition) is 2. The van der Waals surface area contributed by atoms with E-state index in [4.69, 9.17) is 10.5 Å². The third kappa shape index (κ3) is 2.97. The number of hydrogen-bond acceptors (Lipinski definition) is 4. The van der Waals surface area contributed by atoms with Crippen molar-refractivity contribution in [1.82, 2.24) is 5.32 Å². The zero-order chi connectivity index (χ0) is 13.0. The van der Waals surface area contributed by atoms with Crippen LogP contribution in [0.4, 0.5) is 5.69 Å². The number of rotatable bonds is 4. The summed E-state index contributed by atoms with van der Waals surface area (Å²) in [7, 11) is 1.52. The van der Waals surface area contributed by atoms with Gasteiger partial charge in [-0.1, -0.05) is 0 Å². The predicted octanol–water partition coefficient (Wildman–Crippen LogP) is 0.519. The van der Waals surface area contributed by atoms with Gasteiger partial charge in [-0.2, -0.15) is 0 Å². The largest absolute Gasteiger partial charge is 0.497 e. The molecule has 0 heterocycles. The lowest BCUT2D eigenvalue weighted by Crippen LogP contribution is -2.33. The van der Waals surface area contributed by atoms with Crippen LogP contribution in [0.1, 0.15) is 6.92 Å². The average molecular weight is 256 g/mol. The van der Waals surface area contributed by atoms with Crippen LogP contribution >= 0.6 is 0 Å². The molecule has 17 heavy (non-hydrogen) atoms. The van der Waals surface area contributed by atoms with E-state index in [9.17, 15) is 9.00 Å². The Morgan fingerprint density at radius 1 is 1.53 bits per heavy atom. The van der Waals surface area contributed by atoms with Crippen molar-refractivity contribution in [3.63, 3.8) is 0 Å². The lowest BCUT2D eigenvalue weighted by molar-refractivity contribution is -0.119. The van der Waals surface area contributed by atoms with Gasteiger partial charge < -0.3 is 15.8 Å². The van der Waals surface area contributed by atoms with Crippen molar-refractivity contribution in [2.45, 2.75) is 17.1 Å². The van der Waals surface area contributed by atoms with Crippen molar-refractivity contribution in [3.8, 4) is 5.75 Å². The van der Waals surface area contributed by atoms with Gasteiger partial charge in [-0.15, -0.1) is 0 Å². The van der Waals surface area contributed by atoms with Gasteiger partial charge in [0.05, 0.1) is 22.8 Å². The minimum absolute atomic E-state index is 0.287. The summed E-state index contributed by atoms with van der Waals surface area (Å²) in [6.07, 6.45) is 0. The van der Waals surface area contributed by atoms with Crippen LogP contribution in [0, 0.1) is 0 Å². The number of anilines is 1. The van der Waals surface area contributed by atoms with E-state index >= 15 is 0 Å². The Kier molecular flexibility index (Phi) is 4.51. The summed E-state index contributed by atoms with van der Waals surface area (Å²) in [4.78, 5) is 11.8. The summed E-state index contributed by atoms with van der Waals surface area (Å²) in [6, 6.07) is 4.88. The van der Waals surface area contributed by atoms with Crippen molar-refractivity contribution in [2.24, 2.45) is 0 Å². The molecule has 0 fully saturated rings. The van der Waals surface area contributed by atoms with Crippen LogP contribution in [-0.4, -0.2) is 29.5 Å². The van der Waals surface area contributed by atoms with Crippen LogP contribution in [0.2, 0.25) is 0 Å². The van der Waals surface area contributed by atoms with Crippen LogP contribution in [-0.2, 0) is 15.6 Å². The van der Waals surface area contributed by atoms with Crippen LogP contribution in [0.25, 0.3) is 0 Å². The molecule has 94 valence electrons. The van der Waals surface area contributed by atoms with E-state index in [2.05, 4.69) is 5.32 Å². The monoisotopic (exact) mass is 256 g/mol. The maximum atomic E-state index is 12.1. The van der Waals surface area contributed by atoms with E-state index in [0.717, 1.165) is 0 Å². The summed E-state index contributed by atoms with van der Waals surface area (Å²) in [5, 5.41) is 1.80. The standard InChI is InChI=1S/C11H16N2O3S/c1-7(11(14)13-2)17(15)10-6-8(16-3)4-5-9(10)12/h4-7H,12H2,1-3H3,(H,13,14). The zero-order valence-electron chi connectivity index (χ0n) is 10.0. The quantitative estimate of drug-likeness (QED) is 0.769. The average Bonchev–Trinajstić information content (AvgIpc) is 2.36. The molecule has 0 aromatic heterocycles. The Morgan fingerprint density at radius 2 is 2.18 bits per heavy atom. The van der Waals surface area contributed by atoms with Gasteiger partial charge in [0.15, 0.2) is 0 Å². The fourth-order valence-corrected chi connectivity index (χ4v) is 2.53. The summed E-state index contributed by atoms with van der Waals surface area (Å²) in [6.45, 7) is 1.59. The molecule has 0 spiro atoms. The zero-order valence-corrected chi connectivity index (χ0v) is 10.8.